The minimum absolute atomic E-state index is 1.25. The Bertz CT molecular complexity index is 1450. The van der Waals surface area contributed by atoms with E-state index in [1.165, 1.54) is 53.6 Å². The van der Waals surface area contributed by atoms with Gasteiger partial charge in [-0.25, -0.2) is 0 Å². The van der Waals surface area contributed by atoms with Crippen LogP contribution >= 0.6 is 11.3 Å². The van der Waals surface area contributed by atoms with Crippen molar-refractivity contribution < 1.29 is 0 Å². The Hall–Kier alpha value is -3.42. The molecule has 1 heterocycles. The zero-order valence-corrected chi connectivity index (χ0v) is 18.6. The highest BCUT2D eigenvalue weighted by molar-refractivity contribution is 7.23. The Morgan fingerprint density at radius 3 is 2.26 bits per heavy atom. The van der Waals surface area contributed by atoms with E-state index < -0.39 is 0 Å². The van der Waals surface area contributed by atoms with Crippen molar-refractivity contribution in [3.63, 3.8) is 0 Å². The van der Waals surface area contributed by atoms with Crippen molar-refractivity contribution in [2.75, 3.05) is 0 Å². The molecule has 4 aromatic carbocycles. The summed E-state index contributed by atoms with van der Waals surface area (Å²) >= 11 is 1.88. The van der Waals surface area contributed by atoms with Crippen LogP contribution in [0.4, 0.5) is 0 Å². The molecule has 5 aromatic rings. The summed E-state index contributed by atoms with van der Waals surface area (Å²) in [6, 6.07) is 33.2. The summed E-state index contributed by atoms with van der Waals surface area (Å²) in [6.07, 6.45) is 6.42. The van der Waals surface area contributed by atoms with Gasteiger partial charge in [0.05, 0.1) is 0 Å². The molecule has 1 aromatic heterocycles. The first-order chi connectivity index (χ1) is 15.3. The van der Waals surface area contributed by atoms with Gasteiger partial charge in [-0.1, -0.05) is 91.0 Å². The van der Waals surface area contributed by atoms with Crippen LogP contribution in [0.2, 0.25) is 0 Å². The van der Waals surface area contributed by atoms with Crippen molar-refractivity contribution >= 4 is 37.8 Å². The Balaban J connectivity index is 1.58. The van der Waals surface area contributed by atoms with Gasteiger partial charge in [0, 0.05) is 9.58 Å². The average molecular weight is 417 g/mol. The van der Waals surface area contributed by atoms with E-state index in [1.807, 2.05) is 11.3 Å². The molecule has 150 valence electrons. The van der Waals surface area contributed by atoms with Gasteiger partial charge in [0.15, 0.2) is 0 Å². The van der Waals surface area contributed by atoms with Gasteiger partial charge in [0.1, 0.15) is 0 Å². The maximum atomic E-state index is 2.33. The molecule has 0 saturated heterocycles. The lowest BCUT2D eigenvalue weighted by molar-refractivity contribution is 1.56. The van der Waals surface area contributed by atoms with Crippen molar-refractivity contribution in [2.24, 2.45) is 0 Å². The van der Waals surface area contributed by atoms with Crippen molar-refractivity contribution in [2.45, 2.75) is 13.8 Å². The van der Waals surface area contributed by atoms with Crippen LogP contribution < -0.4 is 0 Å². The third-order valence-electron chi connectivity index (χ3n) is 5.74. The largest absolute Gasteiger partial charge is 0.135 e. The fourth-order valence-corrected chi connectivity index (χ4v) is 5.37. The predicted molar refractivity (Wildman–Crippen MR) is 139 cm³/mol. The Labute approximate surface area is 187 Å². The van der Waals surface area contributed by atoms with Crippen LogP contribution in [0.3, 0.4) is 0 Å². The van der Waals surface area contributed by atoms with E-state index >= 15 is 0 Å². The summed E-state index contributed by atoms with van der Waals surface area (Å²) < 4.78 is 1.37. The van der Waals surface area contributed by atoms with Crippen molar-refractivity contribution in [3.8, 4) is 21.6 Å². The van der Waals surface area contributed by atoms with E-state index in [9.17, 15) is 0 Å². The molecule has 1 heteroatoms. The van der Waals surface area contributed by atoms with E-state index in [1.54, 1.807) is 0 Å². The average Bonchev–Trinajstić information content (AvgIpc) is 3.28. The molecule has 0 spiro atoms. The zero-order valence-electron chi connectivity index (χ0n) is 17.8. The second-order valence-electron chi connectivity index (χ2n) is 7.72. The lowest BCUT2D eigenvalue weighted by Crippen LogP contribution is -1.84. The molecule has 0 radical (unpaired) electrons. The van der Waals surface area contributed by atoms with Crippen LogP contribution in [0.25, 0.3) is 48.0 Å². The number of fused-ring (bicyclic) bond motifs is 3. The van der Waals surface area contributed by atoms with Gasteiger partial charge in [-0.05, 0) is 76.0 Å². The van der Waals surface area contributed by atoms with Crippen molar-refractivity contribution in [1.29, 1.82) is 0 Å². The smallest absolute Gasteiger partial charge is 0.0427 e. The minimum Gasteiger partial charge on any atom is -0.135 e. The second-order valence-corrected chi connectivity index (χ2v) is 8.77. The van der Waals surface area contributed by atoms with Gasteiger partial charge in [-0.15, -0.1) is 11.3 Å². The summed E-state index contributed by atoms with van der Waals surface area (Å²) in [7, 11) is 0. The fourth-order valence-electron chi connectivity index (χ4n) is 4.18. The van der Waals surface area contributed by atoms with Gasteiger partial charge < -0.3 is 0 Å². The first-order valence-electron chi connectivity index (χ1n) is 10.7. The zero-order chi connectivity index (χ0) is 21.2. The third-order valence-corrected chi connectivity index (χ3v) is 6.98. The van der Waals surface area contributed by atoms with E-state index in [4.69, 9.17) is 0 Å². The van der Waals surface area contributed by atoms with Crippen molar-refractivity contribution in [3.05, 3.63) is 115 Å². The first-order valence-corrected chi connectivity index (χ1v) is 11.5. The first kappa shape index (κ1) is 19.5. The molecule has 31 heavy (non-hydrogen) atoms. The fraction of sp³-hybridized carbons (Fsp3) is 0.0667. The molecule has 0 aliphatic heterocycles. The topological polar surface area (TPSA) is 0 Å². The number of allylic oxidation sites excluding steroid dienone is 4. The Morgan fingerprint density at radius 1 is 0.677 bits per heavy atom. The second kappa shape index (κ2) is 8.37. The monoisotopic (exact) mass is 416 g/mol. The predicted octanol–water partition coefficient (Wildman–Crippen LogP) is 9.37. The minimum atomic E-state index is 1.25. The maximum Gasteiger partial charge on any atom is 0.0427 e. The van der Waals surface area contributed by atoms with Crippen LogP contribution in [-0.2, 0) is 0 Å². The molecule has 0 N–H and O–H groups in total. The molecule has 0 saturated carbocycles. The van der Waals surface area contributed by atoms with E-state index in [-0.39, 0.29) is 0 Å². The van der Waals surface area contributed by atoms with Gasteiger partial charge >= 0.3 is 0 Å². The molecule has 0 aliphatic carbocycles. The molecule has 0 atom stereocenters. The standard InChI is InChI=1S/C30H24S/c1-3-9-21(4-2)23-11-7-12-24(18-23)25-13-8-14-26(19-25)29-20-27-17-16-22-10-5-6-15-28(22)30(27)31-29/h3-20H,1-2H3/b9-3-,21-4+. The van der Waals surface area contributed by atoms with Gasteiger partial charge in [-0.2, -0.15) is 0 Å². The number of benzene rings is 4. The molecule has 0 bridgehead atoms. The van der Waals surface area contributed by atoms with Crippen LogP contribution in [0.5, 0.6) is 0 Å². The highest BCUT2D eigenvalue weighted by atomic mass is 32.1. The van der Waals surface area contributed by atoms with Crippen LogP contribution in [0, 0.1) is 0 Å². The summed E-state index contributed by atoms with van der Waals surface area (Å²) in [5, 5.41) is 3.95. The number of hydrogen-bond donors (Lipinski definition) is 0. The lowest BCUT2D eigenvalue weighted by Gasteiger charge is -2.08. The van der Waals surface area contributed by atoms with Gasteiger partial charge in [0.25, 0.3) is 0 Å². The SMILES string of the molecule is C/C=C\C(=C/C)c1cccc(-c2cccc(-c3cc4ccc5ccccc5c4s3)c2)c1. The molecular formula is C30H24S. The highest BCUT2D eigenvalue weighted by Gasteiger charge is 2.09. The normalized spacial score (nSPS) is 12.3. The van der Waals surface area contributed by atoms with Crippen LogP contribution in [-0.4, -0.2) is 0 Å². The van der Waals surface area contributed by atoms with Crippen molar-refractivity contribution in [1.82, 2.24) is 0 Å². The molecule has 0 aliphatic rings. The Kier molecular flexibility index (Phi) is 5.28. The molecule has 5 rings (SSSR count). The quantitative estimate of drug-likeness (QED) is 0.256. The number of rotatable bonds is 4. The van der Waals surface area contributed by atoms with E-state index in [2.05, 4.69) is 123 Å². The third kappa shape index (κ3) is 3.73. The molecule has 0 fully saturated rings. The maximum absolute atomic E-state index is 2.33. The van der Waals surface area contributed by atoms with E-state index in [0.717, 1.165) is 0 Å². The summed E-state index contributed by atoms with van der Waals surface area (Å²) in [4.78, 5) is 1.31. The molecule has 0 unspecified atom stereocenters. The molecule has 0 amide bonds. The Morgan fingerprint density at radius 2 is 1.42 bits per heavy atom. The van der Waals surface area contributed by atoms with Gasteiger partial charge in [-0.3, -0.25) is 0 Å². The highest BCUT2D eigenvalue weighted by Crippen LogP contribution is 2.38. The number of thiophene rings is 1. The molecule has 0 nitrogen and oxygen atoms in total. The van der Waals surface area contributed by atoms with E-state index in [0.29, 0.717) is 0 Å². The van der Waals surface area contributed by atoms with Crippen LogP contribution in [0.1, 0.15) is 19.4 Å². The summed E-state index contributed by atoms with van der Waals surface area (Å²) in [6.45, 7) is 4.15. The molecular weight excluding hydrogens is 392 g/mol. The van der Waals surface area contributed by atoms with Crippen LogP contribution in [0.15, 0.2) is 109 Å². The summed E-state index contributed by atoms with van der Waals surface area (Å²) in [5.41, 5.74) is 6.26. The van der Waals surface area contributed by atoms with Gasteiger partial charge in [0.2, 0.25) is 0 Å². The lowest BCUT2D eigenvalue weighted by atomic mass is 9.97. The number of hydrogen-bond acceptors (Lipinski definition) is 1. The summed E-state index contributed by atoms with van der Waals surface area (Å²) in [5.74, 6) is 0.